The first-order valence-corrected chi connectivity index (χ1v) is 8.26. The Hall–Kier alpha value is -1.08. The second-order valence-electron chi connectivity index (χ2n) is 5.57. The Morgan fingerprint density at radius 3 is 2.90 bits per heavy atom. The van der Waals surface area contributed by atoms with Crippen molar-refractivity contribution < 1.29 is 9.53 Å². The zero-order valence-electron chi connectivity index (χ0n) is 13.2. The van der Waals surface area contributed by atoms with Crippen molar-refractivity contribution in [3.8, 4) is 0 Å². The molecule has 1 fully saturated rings. The molecule has 1 aliphatic rings. The number of thioether (sulfide) groups is 1. The number of methoxy groups -OCH3 is 1. The van der Waals surface area contributed by atoms with Gasteiger partial charge in [-0.15, -0.1) is 10.2 Å². The molecular weight excluding hydrogens is 288 g/mol. The van der Waals surface area contributed by atoms with Gasteiger partial charge >= 0.3 is 5.97 Å². The Morgan fingerprint density at radius 2 is 2.33 bits per heavy atom. The molecule has 1 heterocycles. The summed E-state index contributed by atoms with van der Waals surface area (Å²) in [5, 5.41) is 12.9. The van der Waals surface area contributed by atoms with Crippen molar-refractivity contribution in [3.63, 3.8) is 0 Å². The minimum Gasteiger partial charge on any atom is -0.468 e. The number of hydrogen-bond acceptors (Lipinski definition) is 6. The predicted molar refractivity (Wildman–Crippen MR) is 82.3 cm³/mol. The van der Waals surface area contributed by atoms with E-state index in [1.165, 1.54) is 7.11 Å². The average molecular weight is 312 g/mol. The zero-order valence-corrected chi connectivity index (χ0v) is 14.0. The van der Waals surface area contributed by atoms with E-state index < -0.39 is 5.54 Å². The first kappa shape index (κ1) is 16.3. The van der Waals surface area contributed by atoms with Crippen LogP contribution in [0.25, 0.3) is 0 Å². The van der Waals surface area contributed by atoms with Gasteiger partial charge in [-0.25, -0.2) is 0 Å². The fourth-order valence-corrected chi connectivity index (χ4v) is 4.00. The second-order valence-corrected chi connectivity index (χ2v) is 6.84. The molecule has 0 spiro atoms. The van der Waals surface area contributed by atoms with Crippen LogP contribution in [0.2, 0.25) is 0 Å². The van der Waals surface area contributed by atoms with Crippen molar-refractivity contribution in [3.05, 3.63) is 5.82 Å². The van der Waals surface area contributed by atoms with Gasteiger partial charge in [-0.2, -0.15) is 0 Å². The van der Waals surface area contributed by atoms with Gasteiger partial charge in [-0.05, 0) is 39.2 Å². The number of ether oxygens (including phenoxy) is 1. The number of aromatic nitrogens is 3. The fraction of sp³-hybridized carbons (Fsp3) is 0.786. The topological polar surface area (TPSA) is 69.0 Å². The highest BCUT2D eigenvalue weighted by Gasteiger charge is 2.46. The molecule has 1 aliphatic carbocycles. The van der Waals surface area contributed by atoms with Crippen LogP contribution < -0.4 is 5.32 Å². The van der Waals surface area contributed by atoms with E-state index in [1.807, 2.05) is 18.5 Å². The van der Waals surface area contributed by atoms with Crippen LogP contribution in [0.4, 0.5) is 0 Å². The largest absolute Gasteiger partial charge is 0.468 e. The van der Waals surface area contributed by atoms with Gasteiger partial charge in [-0.3, -0.25) is 4.79 Å². The molecule has 0 bridgehead atoms. The molecule has 1 aromatic rings. The van der Waals surface area contributed by atoms with Crippen LogP contribution in [0.3, 0.4) is 0 Å². The highest BCUT2D eigenvalue weighted by atomic mass is 32.2. The zero-order chi connectivity index (χ0) is 15.5. The Morgan fingerprint density at radius 1 is 1.57 bits per heavy atom. The SMILES string of the molecule is CCCNC1(C(=O)OC)CCC(Sc2nnc(C)n2C)C1. The van der Waals surface area contributed by atoms with E-state index in [2.05, 4.69) is 22.4 Å². The van der Waals surface area contributed by atoms with Gasteiger partial charge in [0.15, 0.2) is 5.16 Å². The summed E-state index contributed by atoms with van der Waals surface area (Å²) < 4.78 is 7.01. The predicted octanol–water partition coefficient (Wildman–Crippen LogP) is 1.68. The van der Waals surface area contributed by atoms with Crippen molar-refractivity contribution >= 4 is 17.7 Å². The number of carbonyl (C=O) groups is 1. The lowest BCUT2D eigenvalue weighted by Crippen LogP contribution is -2.51. The molecule has 0 amide bonds. The van der Waals surface area contributed by atoms with Gasteiger partial charge in [0.05, 0.1) is 7.11 Å². The third kappa shape index (κ3) is 3.40. The number of nitrogens with zero attached hydrogens (tertiary/aromatic N) is 3. The molecule has 7 heteroatoms. The monoisotopic (exact) mass is 312 g/mol. The van der Waals surface area contributed by atoms with Crippen LogP contribution >= 0.6 is 11.8 Å². The maximum atomic E-state index is 12.2. The van der Waals surface area contributed by atoms with Crippen molar-refractivity contribution in [1.82, 2.24) is 20.1 Å². The summed E-state index contributed by atoms with van der Waals surface area (Å²) in [6.07, 6.45) is 3.56. The van der Waals surface area contributed by atoms with E-state index in [-0.39, 0.29) is 5.97 Å². The molecule has 2 atom stereocenters. The van der Waals surface area contributed by atoms with Crippen LogP contribution in [0, 0.1) is 6.92 Å². The quantitative estimate of drug-likeness (QED) is 0.806. The lowest BCUT2D eigenvalue weighted by molar-refractivity contribution is -0.148. The summed E-state index contributed by atoms with van der Waals surface area (Å²) in [6.45, 7) is 4.87. The lowest BCUT2D eigenvalue weighted by atomic mass is 9.97. The van der Waals surface area contributed by atoms with Crippen LogP contribution in [0.15, 0.2) is 5.16 Å². The number of hydrogen-bond donors (Lipinski definition) is 1. The van der Waals surface area contributed by atoms with Crippen molar-refractivity contribution in [2.24, 2.45) is 7.05 Å². The molecule has 2 rings (SSSR count). The summed E-state index contributed by atoms with van der Waals surface area (Å²) in [7, 11) is 3.43. The first-order valence-electron chi connectivity index (χ1n) is 7.38. The highest BCUT2D eigenvalue weighted by molar-refractivity contribution is 7.99. The van der Waals surface area contributed by atoms with E-state index in [0.29, 0.717) is 5.25 Å². The molecule has 1 aromatic heterocycles. The number of nitrogens with one attached hydrogen (secondary N) is 1. The maximum Gasteiger partial charge on any atom is 0.326 e. The fourth-order valence-electron chi connectivity index (χ4n) is 2.72. The Balaban J connectivity index is 2.05. The van der Waals surface area contributed by atoms with Gasteiger partial charge in [-0.1, -0.05) is 18.7 Å². The third-order valence-corrected chi connectivity index (χ3v) is 5.39. The highest BCUT2D eigenvalue weighted by Crippen LogP contribution is 2.40. The van der Waals surface area contributed by atoms with Crippen molar-refractivity contribution in [2.45, 2.75) is 55.5 Å². The molecule has 2 unspecified atom stereocenters. The second kappa shape index (κ2) is 6.79. The van der Waals surface area contributed by atoms with Gasteiger partial charge in [0.25, 0.3) is 0 Å². The molecule has 1 N–H and O–H groups in total. The molecule has 0 aromatic carbocycles. The number of aryl methyl sites for hydroxylation is 1. The van der Waals surface area contributed by atoms with Crippen LogP contribution in [-0.2, 0) is 16.6 Å². The lowest BCUT2D eigenvalue weighted by Gasteiger charge is -2.27. The van der Waals surface area contributed by atoms with Gasteiger partial charge in [0.1, 0.15) is 11.4 Å². The van der Waals surface area contributed by atoms with Crippen molar-refractivity contribution in [2.75, 3.05) is 13.7 Å². The van der Waals surface area contributed by atoms with E-state index >= 15 is 0 Å². The van der Waals surface area contributed by atoms with Crippen LogP contribution in [0.1, 0.15) is 38.4 Å². The number of rotatable bonds is 6. The normalized spacial score (nSPS) is 25.2. The molecule has 6 nitrogen and oxygen atoms in total. The van der Waals surface area contributed by atoms with Crippen LogP contribution in [0.5, 0.6) is 0 Å². The van der Waals surface area contributed by atoms with Gasteiger partial charge in [0, 0.05) is 12.3 Å². The van der Waals surface area contributed by atoms with E-state index in [9.17, 15) is 4.79 Å². The molecule has 118 valence electrons. The Kier molecular flexibility index (Phi) is 5.27. The van der Waals surface area contributed by atoms with Gasteiger partial charge < -0.3 is 14.6 Å². The maximum absolute atomic E-state index is 12.2. The Labute approximate surface area is 130 Å². The molecular formula is C14H24N4O2S. The average Bonchev–Trinajstić information content (AvgIpc) is 3.04. The van der Waals surface area contributed by atoms with Gasteiger partial charge in [0.2, 0.25) is 0 Å². The summed E-state index contributed by atoms with van der Waals surface area (Å²) in [5.74, 6) is 0.757. The molecule has 0 saturated heterocycles. The van der Waals surface area contributed by atoms with E-state index in [4.69, 9.17) is 4.74 Å². The summed E-state index contributed by atoms with van der Waals surface area (Å²) in [5.41, 5.74) is -0.532. The Bertz CT molecular complexity index is 505. The third-order valence-electron chi connectivity index (χ3n) is 4.08. The minimum atomic E-state index is -0.532. The van der Waals surface area contributed by atoms with Crippen LogP contribution in [-0.4, -0.2) is 45.2 Å². The van der Waals surface area contributed by atoms with E-state index in [0.717, 1.165) is 43.2 Å². The molecule has 1 saturated carbocycles. The van der Waals surface area contributed by atoms with E-state index in [1.54, 1.807) is 11.8 Å². The summed E-state index contributed by atoms with van der Waals surface area (Å²) in [4.78, 5) is 12.2. The first-order chi connectivity index (χ1) is 10.0. The number of esters is 1. The molecule has 0 radical (unpaired) electrons. The van der Waals surface area contributed by atoms with Crippen molar-refractivity contribution in [1.29, 1.82) is 0 Å². The molecule has 21 heavy (non-hydrogen) atoms. The summed E-state index contributed by atoms with van der Waals surface area (Å²) in [6, 6.07) is 0. The minimum absolute atomic E-state index is 0.145. The summed E-state index contributed by atoms with van der Waals surface area (Å²) >= 11 is 1.70. The smallest absolute Gasteiger partial charge is 0.326 e. The standard InChI is InChI=1S/C14H24N4O2S/c1-5-8-15-14(12(19)20-4)7-6-11(9-14)21-13-17-16-10(2)18(13)3/h11,15H,5-9H2,1-4H3. The molecule has 0 aliphatic heterocycles. The number of carbonyl (C=O) groups excluding carboxylic acids is 1.